The van der Waals surface area contributed by atoms with Crippen molar-refractivity contribution in [3.63, 3.8) is 0 Å². The average Bonchev–Trinajstić information content (AvgIpc) is 3.13. The van der Waals surface area contributed by atoms with Gasteiger partial charge in [0, 0.05) is 29.9 Å². The molecule has 0 aliphatic carbocycles. The van der Waals surface area contributed by atoms with Crippen LogP contribution >= 0.6 is 0 Å². The average molecular weight is 292 g/mol. The fourth-order valence-corrected chi connectivity index (χ4v) is 3.45. The van der Waals surface area contributed by atoms with Gasteiger partial charge in [0.1, 0.15) is 0 Å². The smallest absolute Gasteiger partial charge is 0.0950 e. The molecule has 4 heteroatoms. The molecule has 21 heavy (non-hydrogen) atoms. The molecule has 2 unspecified atom stereocenters. The van der Waals surface area contributed by atoms with E-state index >= 15 is 0 Å². The molecule has 120 valence electrons. The van der Waals surface area contributed by atoms with Gasteiger partial charge >= 0.3 is 0 Å². The van der Waals surface area contributed by atoms with Crippen LogP contribution in [0.3, 0.4) is 0 Å². The zero-order valence-corrected chi connectivity index (χ0v) is 14.2. The molecule has 1 N–H and O–H groups in total. The Morgan fingerprint density at radius 1 is 1.43 bits per heavy atom. The van der Waals surface area contributed by atoms with Crippen LogP contribution in [0.4, 0.5) is 0 Å². The van der Waals surface area contributed by atoms with Crippen molar-refractivity contribution >= 4 is 0 Å². The fraction of sp³-hybridized carbons (Fsp3) is 0.824. The standard InChI is InChI=1S/C17H32N4/c1-5-20(6-2)11-7-8-15(3)21-14-19-12-16(21)17(4)9-10-18-13-17/h12,14-15,18H,5-11,13H2,1-4H3. The summed E-state index contributed by atoms with van der Waals surface area (Å²) in [5.41, 5.74) is 1.66. The monoisotopic (exact) mass is 292 g/mol. The third-order valence-corrected chi connectivity index (χ3v) is 5.12. The maximum atomic E-state index is 4.43. The predicted molar refractivity (Wildman–Crippen MR) is 88.8 cm³/mol. The van der Waals surface area contributed by atoms with Crippen LogP contribution in [0.5, 0.6) is 0 Å². The topological polar surface area (TPSA) is 33.1 Å². The third-order valence-electron chi connectivity index (χ3n) is 5.12. The first kappa shape index (κ1) is 16.5. The summed E-state index contributed by atoms with van der Waals surface area (Å²) in [7, 11) is 0. The van der Waals surface area contributed by atoms with Crippen LogP contribution in [0.1, 0.15) is 58.7 Å². The Labute approximate surface area is 129 Å². The second-order valence-corrected chi connectivity index (χ2v) is 6.69. The van der Waals surface area contributed by atoms with E-state index in [1.807, 2.05) is 6.33 Å². The first-order valence-corrected chi connectivity index (χ1v) is 8.56. The summed E-state index contributed by atoms with van der Waals surface area (Å²) in [6, 6.07) is 0.537. The van der Waals surface area contributed by atoms with Gasteiger partial charge in [0.15, 0.2) is 0 Å². The molecular weight excluding hydrogens is 260 g/mol. The van der Waals surface area contributed by atoms with Gasteiger partial charge in [-0.25, -0.2) is 4.98 Å². The van der Waals surface area contributed by atoms with E-state index in [4.69, 9.17) is 0 Å². The number of rotatable bonds is 8. The van der Waals surface area contributed by atoms with Crippen LogP contribution in [0.15, 0.2) is 12.5 Å². The van der Waals surface area contributed by atoms with Gasteiger partial charge in [-0.3, -0.25) is 0 Å². The van der Waals surface area contributed by atoms with Gasteiger partial charge in [0.05, 0.1) is 6.33 Å². The third kappa shape index (κ3) is 3.86. The highest BCUT2D eigenvalue weighted by atomic mass is 15.1. The Morgan fingerprint density at radius 2 is 2.19 bits per heavy atom. The normalized spacial score (nSPS) is 23.9. The second kappa shape index (κ2) is 7.41. The van der Waals surface area contributed by atoms with Crippen molar-refractivity contribution in [3.05, 3.63) is 18.2 Å². The zero-order chi connectivity index (χ0) is 15.3. The van der Waals surface area contributed by atoms with E-state index in [1.165, 1.54) is 31.5 Å². The maximum Gasteiger partial charge on any atom is 0.0950 e. The van der Waals surface area contributed by atoms with Gasteiger partial charge in [0.2, 0.25) is 0 Å². The molecule has 2 heterocycles. The summed E-state index contributed by atoms with van der Waals surface area (Å²) >= 11 is 0. The Hall–Kier alpha value is -0.870. The van der Waals surface area contributed by atoms with E-state index in [0.29, 0.717) is 6.04 Å². The van der Waals surface area contributed by atoms with E-state index in [1.54, 1.807) is 0 Å². The minimum absolute atomic E-state index is 0.254. The molecule has 0 radical (unpaired) electrons. The van der Waals surface area contributed by atoms with Crippen LogP contribution in [0, 0.1) is 0 Å². The molecule has 1 fully saturated rings. The van der Waals surface area contributed by atoms with Gasteiger partial charge in [0.25, 0.3) is 0 Å². The van der Waals surface area contributed by atoms with Crippen molar-refractivity contribution in [2.45, 2.75) is 58.4 Å². The van der Waals surface area contributed by atoms with E-state index in [9.17, 15) is 0 Å². The van der Waals surface area contributed by atoms with Gasteiger partial charge < -0.3 is 14.8 Å². The number of hydrogen-bond donors (Lipinski definition) is 1. The van der Waals surface area contributed by atoms with Crippen molar-refractivity contribution in [1.29, 1.82) is 0 Å². The van der Waals surface area contributed by atoms with Gasteiger partial charge in [-0.05, 0) is 52.4 Å². The van der Waals surface area contributed by atoms with Crippen molar-refractivity contribution in [3.8, 4) is 0 Å². The van der Waals surface area contributed by atoms with Crippen LogP contribution < -0.4 is 5.32 Å². The summed E-state index contributed by atoms with van der Waals surface area (Å²) in [4.78, 5) is 6.94. The summed E-state index contributed by atoms with van der Waals surface area (Å²) in [6.45, 7) is 14.9. The maximum absolute atomic E-state index is 4.43. The Balaban J connectivity index is 1.94. The summed E-state index contributed by atoms with van der Waals surface area (Å²) < 4.78 is 2.41. The van der Waals surface area contributed by atoms with Crippen molar-refractivity contribution in [1.82, 2.24) is 19.8 Å². The summed E-state index contributed by atoms with van der Waals surface area (Å²) in [5, 5.41) is 3.49. The van der Waals surface area contributed by atoms with E-state index in [-0.39, 0.29) is 5.41 Å². The van der Waals surface area contributed by atoms with Crippen molar-refractivity contribution < 1.29 is 0 Å². The predicted octanol–water partition coefficient (Wildman–Crippen LogP) is 2.82. The highest BCUT2D eigenvalue weighted by molar-refractivity contribution is 5.18. The molecule has 1 aliphatic heterocycles. The number of hydrogen-bond acceptors (Lipinski definition) is 3. The quantitative estimate of drug-likeness (QED) is 0.800. The van der Waals surface area contributed by atoms with E-state index in [0.717, 1.165) is 26.2 Å². The van der Waals surface area contributed by atoms with Gasteiger partial charge in [-0.2, -0.15) is 0 Å². The second-order valence-electron chi connectivity index (χ2n) is 6.69. The SMILES string of the molecule is CCN(CC)CCCC(C)n1cncc1C1(C)CCNC1. The molecule has 1 aromatic rings. The molecule has 2 rings (SSSR count). The lowest BCUT2D eigenvalue weighted by atomic mass is 9.86. The molecule has 1 aromatic heterocycles. The van der Waals surface area contributed by atoms with Gasteiger partial charge in [-0.15, -0.1) is 0 Å². The number of aromatic nitrogens is 2. The lowest BCUT2D eigenvalue weighted by Crippen LogP contribution is -2.29. The highest BCUT2D eigenvalue weighted by Gasteiger charge is 2.33. The minimum Gasteiger partial charge on any atom is -0.331 e. The van der Waals surface area contributed by atoms with Crippen molar-refractivity contribution in [2.75, 3.05) is 32.7 Å². The molecule has 1 aliphatic rings. The molecule has 0 amide bonds. The molecule has 0 aromatic carbocycles. The Morgan fingerprint density at radius 3 is 2.81 bits per heavy atom. The molecule has 2 atom stereocenters. The lowest BCUT2D eigenvalue weighted by Gasteiger charge is -2.27. The fourth-order valence-electron chi connectivity index (χ4n) is 3.45. The Kier molecular flexibility index (Phi) is 5.82. The van der Waals surface area contributed by atoms with Crippen LogP contribution in [-0.4, -0.2) is 47.2 Å². The largest absolute Gasteiger partial charge is 0.331 e. The molecular formula is C17H32N4. The van der Waals surface area contributed by atoms with Crippen molar-refractivity contribution in [2.24, 2.45) is 0 Å². The number of imidazole rings is 1. The molecule has 0 bridgehead atoms. The first-order valence-electron chi connectivity index (χ1n) is 8.56. The highest BCUT2D eigenvalue weighted by Crippen LogP contribution is 2.32. The van der Waals surface area contributed by atoms with Gasteiger partial charge in [-0.1, -0.05) is 20.8 Å². The van der Waals surface area contributed by atoms with Crippen LogP contribution in [0.2, 0.25) is 0 Å². The molecule has 0 spiro atoms. The minimum atomic E-state index is 0.254. The molecule has 1 saturated heterocycles. The first-order chi connectivity index (χ1) is 10.1. The van der Waals surface area contributed by atoms with E-state index in [2.05, 4.69) is 53.7 Å². The Bertz CT molecular complexity index is 416. The van der Waals surface area contributed by atoms with Crippen LogP contribution in [0.25, 0.3) is 0 Å². The summed E-state index contributed by atoms with van der Waals surface area (Å²) in [6.07, 6.45) is 7.80. The van der Waals surface area contributed by atoms with Crippen LogP contribution in [-0.2, 0) is 5.41 Å². The lowest BCUT2D eigenvalue weighted by molar-refractivity contribution is 0.286. The molecule has 0 saturated carbocycles. The summed E-state index contributed by atoms with van der Waals surface area (Å²) in [5.74, 6) is 0. The number of nitrogens with zero attached hydrogens (tertiary/aromatic N) is 3. The molecule has 4 nitrogen and oxygen atoms in total. The number of nitrogens with one attached hydrogen (secondary N) is 1. The van der Waals surface area contributed by atoms with E-state index < -0.39 is 0 Å². The zero-order valence-electron chi connectivity index (χ0n) is 14.2.